The zero-order valence-corrected chi connectivity index (χ0v) is 13.9. The maximum atomic E-state index is 4.77. The molecule has 1 aliphatic heterocycles. The van der Waals surface area contributed by atoms with Crippen LogP contribution in [-0.2, 0) is 6.54 Å². The monoisotopic (exact) mass is 294 g/mol. The maximum absolute atomic E-state index is 4.77. The van der Waals surface area contributed by atoms with E-state index >= 15 is 0 Å². The van der Waals surface area contributed by atoms with Crippen molar-refractivity contribution in [3.63, 3.8) is 0 Å². The molecule has 5 heteroatoms. The molecule has 112 valence electrons. The Balaban J connectivity index is 2.01. The summed E-state index contributed by atoms with van der Waals surface area (Å²) >= 11 is 1.76. The SMILES string of the molecule is CCNC(=NCc1nc(C)c(C)s1)N1CCC(C)CC1. The van der Waals surface area contributed by atoms with Crippen molar-refractivity contribution in [1.29, 1.82) is 0 Å². The second-order valence-corrected chi connectivity index (χ2v) is 6.88. The second-order valence-electron chi connectivity index (χ2n) is 5.59. The molecule has 0 spiro atoms. The van der Waals surface area contributed by atoms with Gasteiger partial charge < -0.3 is 10.2 Å². The summed E-state index contributed by atoms with van der Waals surface area (Å²) in [5.41, 5.74) is 1.14. The predicted octanol–water partition coefficient (Wildman–Crippen LogP) is 2.96. The first-order valence-electron chi connectivity index (χ1n) is 7.56. The largest absolute Gasteiger partial charge is 0.357 e. The molecule has 1 aromatic rings. The van der Waals surface area contributed by atoms with Crippen molar-refractivity contribution in [2.45, 2.75) is 47.1 Å². The van der Waals surface area contributed by atoms with Gasteiger partial charge in [-0.1, -0.05) is 6.92 Å². The van der Waals surface area contributed by atoms with Crippen molar-refractivity contribution in [2.75, 3.05) is 19.6 Å². The van der Waals surface area contributed by atoms with Gasteiger partial charge in [0.05, 0.1) is 12.2 Å². The van der Waals surface area contributed by atoms with E-state index in [1.165, 1.54) is 17.7 Å². The maximum Gasteiger partial charge on any atom is 0.194 e. The first-order valence-corrected chi connectivity index (χ1v) is 8.38. The summed E-state index contributed by atoms with van der Waals surface area (Å²) in [6, 6.07) is 0. The average Bonchev–Trinajstić information content (AvgIpc) is 2.75. The van der Waals surface area contributed by atoms with E-state index in [2.05, 4.69) is 42.9 Å². The fourth-order valence-electron chi connectivity index (χ4n) is 2.40. The van der Waals surface area contributed by atoms with Gasteiger partial charge in [0.25, 0.3) is 0 Å². The third-order valence-corrected chi connectivity index (χ3v) is 4.91. The van der Waals surface area contributed by atoms with Crippen molar-refractivity contribution in [3.8, 4) is 0 Å². The molecule has 2 heterocycles. The van der Waals surface area contributed by atoms with E-state index in [-0.39, 0.29) is 0 Å². The van der Waals surface area contributed by atoms with Crippen LogP contribution in [0, 0.1) is 19.8 Å². The lowest BCUT2D eigenvalue weighted by Crippen LogP contribution is -2.45. The molecule has 2 rings (SSSR count). The summed E-state index contributed by atoms with van der Waals surface area (Å²) in [6.07, 6.45) is 2.53. The van der Waals surface area contributed by atoms with Crippen molar-refractivity contribution in [2.24, 2.45) is 10.9 Å². The van der Waals surface area contributed by atoms with Gasteiger partial charge in [0.1, 0.15) is 5.01 Å². The lowest BCUT2D eigenvalue weighted by Gasteiger charge is -2.32. The average molecular weight is 294 g/mol. The van der Waals surface area contributed by atoms with Crippen molar-refractivity contribution in [3.05, 3.63) is 15.6 Å². The van der Waals surface area contributed by atoms with E-state index in [0.29, 0.717) is 6.54 Å². The molecule has 1 saturated heterocycles. The van der Waals surface area contributed by atoms with Gasteiger partial charge in [-0.2, -0.15) is 0 Å². The number of aliphatic imine (C=N–C) groups is 1. The van der Waals surface area contributed by atoms with Crippen molar-refractivity contribution in [1.82, 2.24) is 15.2 Å². The molecule has 0 unspecified atom stereocenters. The van der Waals surface area contributed by atoms with Gasteiger partial charge in [-0.15, -0.1) is 11.3 Å². The van der Waals surface area contributed by atoms with Crippen LogP contribution in [0.25, 0.3) is 0 Å². The molecule has 1 aliphatic rings. The number of nitrogens with zero attached hydrogens (tertiary/aromatic N) is 3. The molecule has 0 aliphatic carbocycles. The molecule has 1 aromatic heterocycles. The van der Waals surface area contributed by atoms with Crippen LogP contribution in [0.15, 0.2) is 4.99 Å². The highest BCUT2D eigenvalue weighted by Gasteiger charge is 2.18. The van der Waals surface area contributed by atoms with Crippen molar-refractivity contribution < 1.29 is 0 Å². The number of guanidine groups is 1. The van der Waals surface area contributed by atoms with Gasteiger partial charge in [-0.05, 0) is 39.5 Å². The fraction of sp³-hybridized carbons (Fsp3) is 0.733. The molecular weight excluding hydrogens is 268 g/mol. The zero-order valence-electron chi connectivity index (χ0n) is 13.1. The van der Waals surface area contributed by atoms with E-state index in [1.54, 1.807) is 11.3 Å². The minimum Gasteiger partial charge on any atom is -0.357 e. The highest BCUT2D eigenvalue weighted by molar-refractivity contribution is 7.11. The summed E-state index contributed by atoms with van der Waals surface area (Å²) in [7, 11) is 0. The van der Waals surface area contributed by atoms with Gasteiger partial charge in [-0.25, -0.2) is 9.98 Å². The number of thiazole rings is 1. The summed E-state index contributed by atoms with van der Waals surface area (Å²) < 4.78 is 0. The molecule has 0 amide bonds. The summed E-state index contributed by atoms with van der Waals surface area (Å²) in [5, 5.41) is 4.52. The quantitative estimate of drug-likeness (QED) is 0.688. The van der Waals surface area contributed by atoms with Gasteiger partial charge >= 0.3 is 0 Å². The van der Waals surface area contributed by atoms with Crippen LogP contribution in [0.3, 0.4) is 0 Å². The Kier molecular flexibility index (Phi) is 5.40. The summed E-state index contributed by atoms with van der Waals surface area (Å²) in [5.74, 6) is 1.89. The third kappa shape index (κ3) is 3.95. The molecule has 1 N–H and O–H groups in total. The first kappa shape index (κ1) is 15.3. The zero-order chi connectivity index (χ0) is 14.5. The molecule has 0 bridgehead atoms. The van der Waals surface area contributed by atoms with Gasteiger partial charge in [0.2, 0.25) is 0 Å². The summed E-state index contributed by atoms with van der Waals surface area (Å²) in [4.78, 5) is 13.0. The van der Waals surface area contributed by atoms with Crippen LogP contribution in [0.1, 0.15) is 42.3 Å². The normalized spacial score (nSPS) is 17.6. The molecule has 0 aromatic carbocycles. The van der Waals surface area contributed by atoms with E-state index in [0.717, 1.165) is 42.2 Å². The first-order chi connectivity index (χ1) is 9.60. The van der Waals surface area contributed by atoms with Crippen LogP contribution >= 0.6 is 11.3 Å². The number of hydrogen-bond donors (Lipinski definition) is 1. The van der Waals surface area contributed by atoms with Crippen LogP contribution in [0.5, 0.6) is 0 Å². The Labute approximate surface area is 126 Å². The molecule has 0 atom stereocenters. The lowest BCUT2D eigenvalue weighted by molar-refractivity contribution is 0.273. The number of likely N-dealkylation sites (tertiary alicyclic amines) is 1. The summed E-state index contributed by atoms with van der Waals surface area (Å²) in [6.45, 7) is 12.5. The molecule has 0 radical (unpaired) electrons. The van der Waals surface area contributed by atoms with Crippen LogP contribution in [0.2, 0.25) is 0 Å². The van der Waals surface area contributed by atoms with E-state index in [9.17, 15) is 0 Å². The van der Waals surface area contributed by atoms with E-state index in [1.807, 2.05) is 0 Å². The topological polar surface area (TPSA) is 40.5 Å². The Morgan fingerprint density at radius 3 is 2.65 bits per heavy atom. The number of piperidine rings is 1. The Morgan fingerprint density at radius 2 is 2.10 bits per heavy atom. The molecule has 1 fully saturated rings. The van der Waals surface area contributed by atoms with E-state index < -0.39 is 0 Å². The highest BCUT2D eigenvalue weighted by atomic mass is 32.1. The van der Waals surface area contributed by atoms with Crippen LogP contribution < -0.4 is 5.32 Å². The number of hydrogen-bond acceptors (Lipinski definition) is 3. The number of nitrogens with one attached hydrogen (secondary N) is 1. The Bertz CT molecular complexity index is 439. The van der Waals surface area contributed by atoms with Gasteiger partial charge in [0.15, 0.2) is 5.96 Å². The number of aryl methyl sites for hydroxylation is 2. The van der Waals surface area contributed by atoms with Crippen LogP contribution in [0.4, 0.5) is 0 Å². The number of rotatable bonds is 3. The Hall–Kier alpha value is -1.10. The number of aromatic nitrogens is 1. The molecule has 0 saturated carbocycles. The molecular formula is C15H26N4S. The van der Waals surface area contributed by atoms with E-state index in [4.69, 9.17) is 4.99 Å². The lowest BCUT2D eigenvalue weighted by atomic mass is 10.00. The molecule has 4 nitrogen and oxygen atoms in total. The third-order valence-electron chi connectivity index (χ3n) is 3.85. The van der Waals surface area contributed by atoms with Gasteiger partial charge in [-0.3, -0.25) is 0 Å². The second kappa shape index (κ2) is 7.07. The molecule has 20 heavy (non-hydrogen) atoms. The minimum atomic E-state index is 0.688. The standard InChI is InChI=1S/C15H26N4S/c1-5-16-15(19-8-6-11(2)7-9-19)17-10-14-18-12(3)13(4)20-14/h11H,5-10H2,1-4H3,(H,16,17). The smallest absolute Gasteiger partial charge is 0.194 e. The highest BCUT2D eigenvalue weighted by Crippen LogP contribution is 2.18. The predicted molar refractivity (Wildman–Crippen MR) is 86.4 cm³/mol. The van der Waals surface area contributed by atoms with Crippen LogP contribution in [-0.4, -0.2) is 35.5 Å². The fourth-order valence-corrected chi connectivity index (χ4v) is 3.25. The Morgan fingerprint density at radius 1 is 1.40 bits per heavy atom. The van der Waals surface area contributed by atoms with Crippen molar-refractivity contribution >= 4 is 17.3 Å². The minimum absolute atomic E-state index is 0.688. The van der Waals surface area contributed by atoms with Gasteiger partial charge in [0, 0.05) is 24.5 Å².